The minimum absolute atomic E-state index is 0.242. The molecule has 0 aliphatic rings. The van der Waals surface area contributed by atoms with Crippen LogP contribution in [-0.4, -0.2) is 9.97 Å². The largest absolute Gasteiger partial charge is 0.375 e. The smallest absolute Gasteiger partial charge is 0.146 e. The molecule has 2 rings (SSSR count). The lowest BCUT2D eigenvalue weighted by atomic mass is 10.2. The third kappa shape index (κ3) is 2.39. The first-order chi connectivity index (χ1) is 7.65. The number of H-pyrrole nitrogens is 1. The third-order valence-electron chi connectivity index (χ3n) is 2.32. The lowest BCUT2D eigenvalue weighted by Crippen LogP contribution is -2.03. The topological polar surface area (TPSA) is 40.7 Å². The van der Waals surface area contributed by atoms with E-state index in [9.17, 15) is 4.39 Å². The maximum Gasteiger partial charge on any atom is 0.146 e. The number of anilines is 1. The first kappa shape index (κ1) is 10.7. The van der Waals surface area contributed by atoms with Crippen LogP contribution >= 0.6 is 0 Å². The highest BCUT2D eigenvalue weighted by Gasteiger charge is 2.02. The van der Waals surface area contributed by atoms with Crippen molar-refractivity contribution in [2.24, 2.45) is 0 Å². The van der Waals surface area contributed by atoms with Crippen molar-refractivity contribution in [1.29, 1.82) is 0 Å². The highest BCUT2D eigenvalue weighted by Crippen LogP contribution is 2.16. The maximum absolute atomic E-state index is 13.4. The number of aryl methyl sites for hydroxylation is 2. The van der Waals surface area contributed by atoms with Crippen LogP contribution in [0.3, 0.4) is 0 Å². The van der Waals surface area contributed by atoms with Crippen LogP contribution in [0.4, 0.5) is 10.1 Å². The first-order valence-electron chi connectivity index (χ1n) is 5.15. The minimum Gasteiger partial charge on any atom is -0.375 e. The Morgan fingerprint density at radius 1 is 1.38 bits per heavy atom. The molecule has 2 N–H and O–H groups in total. The molecule has 1 aromatic carbocycles. The molecule has 0 unspecified atom stereocenters. The van der Waals surface area contributed by atoms with Crippen LogP contribution in [0, 0.1) is 19.7 Å². The number of hydrogen-bond acceptors (Lipinski definition) is 2. The second kappa shape index (κ2) is 4.35. The summed E-state index contributed by atoms with van der Waals surface area (Å²) in [5, 5.41) is 3.01. The first-order valence-corrected chi connectivity index (χ1v) is 5.15. The molecule has 0 fully saturated rings. The molecule has 4 heteroatoms. The summed E-state index contributed by atoms with van der Waals surface area (Å²) in [6.45, 7) is 4.36. The van der Waals surface area contributed by atoms with Crippen molar-refractivity contribution in [3.63, 3.8) is 0 Å². The van der Waals surface area contributed by atoms with E-state index in [-0.39, 0.29) is 5.82 Å². The second-order valence-corrected chi connectivity index (χ2v) is 3.85. The Labute approximate surface area is 93.7 Å². The number of nitrogens with zero attached hydrogens (tertiary/aromatic N) is 1. The average Bonchev–Trinajstić information content (AvgIpc) is 2.66. The minimum atomic E-state index is -0.242. The lowest BCUT2D eigenvalue weighted by Gasteiger charge is -2.06. The molecule has 1 aromatic heterocycles. The molecule has 0 spiro atoms. The van der Waals surface area contributed by atoms with E-state index < -0.39 is 0 Å². The zero-order valence-electron chi connectivity index (χ0n) is 9.34. The number of aromatic nitrogens is 2. The van der Waals surface area contributed by atoms with Crippen LogP contribution in [0.15, 0.2) is 24.4 Å². The van der Waals surface area contributed by atoms with Crippen molar-refractivity contribution >= 4 is 5.69 Å². The molecule has 16 heavy (non-hydrogen) atoms. The van der Waals surface area contributed by atoms with E-state index in [2.05, 4.69) is 15.3 Å². The Morgan fingerprint density at radius 2 is 2.19 bits per heavy atom. The van der Waals surface area contributed by atoms with Gasteiger partial charge in [0, 0.05) is 11.9 Å². The van der Waals surface area contributed by atoms with Gasteiger partial charge in [-0.05, 0) is 31.5 Å². The fraction of sp³-hybridized carbons (Fsp3) is 0.250. The van der Waals surface area contributed by atoms with E-state index in [1.165, 1.54) is 6.07 Å². The molecule has 2 aromatic rings. The Kier molecular flexibility index (Phi) is 2.90. The zero-order valence-corrected chi connectivity index (χ0v) is 9.34. The van der Waals surface area contributed by atoms with Crippen LogP contribution in [0.5, 0.6) is 0 Å². The molecular formula is C12H14FN3. The van der Waals surface area contributed by atoms with Gasteiger partial charge in [0.25, 0.3) is 0 Å². The third-order valence-corrected chi connectivity index (χ3v) is 2.32. The van der Waals surface area contributed by atoms with E-state index in [1.807, 2.05) is 13.8 Å². The molecule has 0 bridgehead atoms. The van der Waals surface area contributed by atoms with E-state index in [0.717, 1.165) is 17.1 Å². The number of rotatable bonds is 3. The Balaban J connectivity index is 2.07. The van der Waals surface area contributed by atoms with Gasteiger partial charge in [0.05, 0.1) is 12.2 Å². The second-order valence-electron chi connectivity index (χ2n) is 3.85. The number of imidazole rings is 1. The highest BCUT2D eigenvalue weighted by atomic mass is 19.1. The van der Waals surface area contributed by atoms with Crippen molar-refractivity contribution in [1.82, 2.24) is 9.97 Å². The summed E-state index contributed by atoms with van der Waals surface area (Å²) in [5.41, 5.74) is 2.54. The molecule has 0 saturated carbocycles. The molecule has 1 heterocycles. The predicted octanol–water partition coefficient (Wildman–Crippen LogP) is 2.78. The highest BCUT2D eigenvalue weighted by molar-refractivity contribution is 5.47. The van der Waals surface area contributed by atoms with E-state index >= 15 is 0 Å². The van der Waals surface area contributed by atoms with Crippen LogP contribution in [0.25, 0.3) is 0 Å². The molecule has 0 aliphatic heterocycles. The Hall–Kier alpha value is -1.84. The fourth-order valence-corrected chi connectivity index (χ4v) is 1.51. The summed E-state index contributed by atoms with van der Waals surface area (Å²) in [5.74, 6) is 0.562. The van der Waals surface area contributed by atoms with Gasteiger partial charge in [0.2, 0.25) is 0 Å². The SMILES string of the molecule is Cc1ccc(F)c(NCc2ncc(C)[nH]2)c1. The van der Waals surface area contributed by atoms with Crippen LogP contribution in [0.2, 0.25) is 0 Å². The van der Waals surface area contributed by atoms with Crippen molar-refractivity contribution in [2.75, 3.05) is 5.32 Å². The summed E-state index contributed by atoms with van der Waals surface area (Å²) in [7, 11) is 0. The number of nitrogens with one attached hydrogen (secondary N) is 2. The van der Waals surface area contributed by atoms with E-state index in [1.54, 1.807) is 18.3 Å². The van der Waals surface area contributed by atoms with Gasteiger partial charge in [0.1, 0.15) is 11.6 Å². The van der Waals surface area contributed by atoms with Crippen LogP contribution in [0.1, 0.15) is 17.1 Å². The van der Waals surface area contributed by atoms with E-state index in [0.29, 0.717) is 12.2 Å². The van der Waals surface area contributed by atoms with Gasteiger partial charge in [-0.1, -0.05) is 6.07 Å². The summed E-state index contributed by atoms with van der Waals surface area (Å²) in [4.78, 5) is 7.23. The van der Waals surface area contributed by atoms with Gasteiger partial charge < -0.3 is 10.3 Å². The summed E-state index contributed by atoms with van der Waals surface area (Å²) in [6, 6.07) is 4.99. The molecule has 3 nitrogen and oxygen atoms in total. The summed E-state index contributed by atoms with van der Waals surface area (Å²) >= 11 is 0. The predicted molar refractivity (Wildman–Crippen MR) is 61.8 cm³/mol. The molecule has 0 saturated heterocycles. The van der Waals surface area contributed by atoms with Crippen LogP contribution < -0.4 is 5.32 Å². The quantitative estimate of drug-likeness (QED) is 0.833. The maximum atomic E-state index is 13.4. The Bertz CT molecular complexity index is 491. The van der Waals surface area contributed by atoms with Crippen molar-refractivity contribution in [3.8, 4) is 0 Å². The monoisotopic (exact) mass is 219 g/mol. The lowest BCUT2D eigenvalue weighted by molar-refractivity contribution is 0.629. The van der Waals surface area contributed by atoms with Gasteiger partial charge in [-0.3, -0.25) is 0 Å². The molecule has 0 amide bonds. The standard InChI is InChI=1S/C12H14FN3/c1-8-3-4-10(13)11(5-8)14-7-12-15-6-9(2)16-12/h3-6,14H,7H2,1-2H3,(H,15,16). The summed E-state index contributed by atoms with van der Waals surface area (Å²) in [6.07, 6.45) is 1.75. The van der Waals surface area contributed by atoms with Gasteiger partial charge in [-0.25, -0.2) is 9.37 Å². The summed E-state index contributed by atoms with van der Waals surface area (Å²) < 4.78 is 13.4. The molecule has 0 atom stereocenters. The Morgan fingerprint density at radius 3 is 2.88 bits per heavy atom. The molecular weight excluding hydrogens is 205 g/mol. The van der Waals surface area contributed by atoms with Gasteiger partial charge in [0.15, 0.2) is 0 Å². The molecule has 0 aliphatic carbocycles. The fourth-order valence-electron chi connectivity index (χ4n) is 1.51. The van der Waals surface area contributed by atoms with Crippen molar-refractivity contribution in [2.45, 2.75) is 20.4 Å². The number of benzene rings is 1. The van der Waals surface area contributed by atoms with Crippen molar-refractivity contribution < 1.29 is 4.39 Å². The van der Waals surface area contributed by atoms with E-state index in [4.69, 9.17) is 0 Å². The van der Waals surface area contributed by atoms with Crippen LogP contribution in [-0.2, 0) is 6.54 Å². The van der Waals surface area contributed by atoms with Gasteiger partial charge >= 0.3 is 0 Å². The molecule has 0 radical (unpaired) electrons. The van der Waals surface area contributed by atoms with Gasteiger partial charge in [-0.15, -0.1) is 0 Å². The zero-order chi connectivity index (χ0) is 11.5. The number of halogens is 1. The number of hydrogen-bond donors (Lipinski definition) is 2. The van der Waals surface area contributed by atoms with Crippen molar-refractivity contribution in [3.05, 3.63) is 47.3 Å². The number of aromatic amines is 1. The molecule has 84 valence electrons. The van der Waals surface area contributed by atoms with Gasteiger partial charge in [-0.2, -0.15) is 0 Å². The average molecular weight is 219 g/mol. The normalized spacial score (nSPS) is 10.4.